The average Bonchev–Trinajstić information content (AvgIpc) is 4.06. The highest BCUT2D eigenvalue weighted by atomic mass is 32.1. The third kappa shape index (κ3) is 10.1. The number of fused-ring (bicyclic) bond motifs is 6. The zero-order valence-corrected chi connectivity index (χ0v) is 40.7. The van der Waals surface area contributed by atoms with Crippen molar-refractivity contribution in [1.29, 1.82) is 0 Å². The van der Waals surface area contributed by atoms with Crippen molar-refractivity contribution < 1.29 is 42.9 Å². The number of pyridine rings is 1. The van der Waals surface area contributed by atoms with Crippen molar-refractivity contribution in [1.82, 2.24) is 40.1 Å². The lowest BCUT2D eigenvalue weighted by Gasteiger charge is -2.37. The molecule has 18 heteroatoms. The second-order valence-corrected chi connectivity index (χ2v) is 20.3. The van der Waals surface area contributed by atoms with Gasteiger partial charge in [0.25, 0.3) is 5.91 Å². The van der Waals surface area contributed by atoms with Gasteiger partial charge >= 0.3 is 12.1 Å². The van der Waals surface area contributed by atoms with E-state index in [1.54, 1.807) is 20.4 Å². The number of carbonyl (C=O) groups is 5. The summed E-state index contributed by atoms with van der Waals surface area (Å²) in [7, 11) is 3.28. The fourth-order valence-electron chi connectivity index (χ4n) is 9.80. The molecule has 4 aliphatic heterocycles. The summed E-state index contributed by atoms with van der Waals surface area (Å²) >= 11 is 1.40. The van der Waals surface area contributed by atoms with Gasteiger partial charge in [-0.1, -0.05) is 33.8 Å². The summed E-state index contributed by atoms with van der Waals surface area (Å²) in [6.45, 7) is 14.4. The van der Waals surface area contributed by atoms with Gasteiger partial charge in [0, 0.05) is 85.8 Å². The number of carbonyl (C=O) groups excluding carboxylic acids is 5. The number of likely N-dealkylation sites (tertiary alicyclic amines) is 1. The highest BCUT2D eigenvalue weighted by molar-refractivity contribution is 7.10. The Kier molecular flexibility index (Phi) is 14.4. The molecule has 0 unspecified atom stereocenters. The Hall–Kier alpha value is -5.43. The first-order chi connectivity index (χ1) is 32.1. The molecule has 0 saturated carbocycles. The van der Waals surface area contributed by atoms with Crippen molar-refractivity contribution in [3.05, 3.63) is 58.2 Å². The summed E-state index contributed by atoms with van der Waals surface area (Å²) < 4.78 is 24.8. The second kappa shape index (κ2) is 20.0. The molecule has 8 rings (SSSR count). The summed E-state index contributed by atoms with van der Waals surface area (Å²) in [6.07, 6.45) is 2.83. The number of aromatic nitrogens is 3. The number of nitrogens with zero attached hydrogens (tertiary/aromatic N) is 6. The molecular weight excluding hydrogens is 877 g/mol. The monoisotopic (exact) mass is 940 g/mol. The number of benzene rings is 1. The van der Waals surface area contributed by atoms with Gasteiger partial charge in [0.15, 0.2) is 6.10 Å². The van der Waals surface area contributed by atoms with Gasteiger partial charge in [0.05, 0.1) is 53.9 Å². The van der Waals surface area contributed by atoms with Crippen molar-refractivity contribution in [3.8, 4) is 22.5 Å². The molecule has 7 heterocycles. The molecule has 3 aromatic heterocycles. The van der Waals surface area contributed by atoms with Gasteiger partial charge in [-0.15, -0.1) is 11.3 Å². The van der Waals surface area contributed by atoms with Gasteiger partial charge < -0.3 is 38.6 Å². The lowest BCUT2D eigenvalue weighted by molar-refractivity contribution is -0.155. The van der Waals surface area contributed by atoms with Crippen LogP contribution in [-0.2, 0) is 57.5 Å². The molecule has 4 aromatic rings. The van der Waals surface area contributed by atoms with E-state index in [1.165, 1.54) is 26.1 Å². The predicted molar refractivity (Wildman–Crippen MR) is 251 cm³/mol. The maximum Gasteiger partial charge on any atom is 0.410 e. The maximum atomic E-state index is 14.6. The van der Waals surface area contributed by atoms with Crippen LogP contribution in [0.3, 0.4) is 0 Å². The zero-order valence-electron chi connectivity index (χ0n) is 39.8. The Balaban J connectivity index is 1.12. The molecule has 67 heavy (non-hydrogen) atoms. The largest absolute Gasteiger partial charge is 0.464 e. The molecule has 5 atom stereocenters. The predicted octanol–water partition coefficient (Wildman–Crippen LogP) is 5.54. The minimum atomic E-state index is -1.10. The van der Waals surface area contributed by atoms with E-state index in [4.69, 9.17) is 28.9 Å². The number of thiazole rings is 1. The minimum Gasteiger partial charge on any atom is -0.464 e. The normalized spacial score (nSPS) is 22.2. The van der Waals surface area contributed by atoms with E-state index in [1.807, 2.05) is 32.2 Å². The Morgan fingerprint density at radius 1 is 1.10 bits per heavy atom. The van der Waals surface area contributed by atoms with Gasteiger partial charge in [0.1, 0.15) is 18.1 Å². The maximum absolute atomic E-state index is 14.6. The van der Waals surface area contributed by atoms with E-state index in [2.05, 4.69) is 60.3 Å². The summed E-state index contributed by atoms with van der Waals surface area (Å²) in [5.41, 5.74) is 9.22. The Morgan fingerprint density at radius 2 is 1.90 bits per heavy atom. The van der Waals surface area contributed by atoms with Crippen molar-refractivity contribution in [2.75, 3.05) is 53.6 Å². The van der Waals surface area contributed by atoms with E-state index < -0.39 is 53.3 Å². The van der Waals surface area contributed by atoms with Crippen LogP contribution in [0.4, 0.5) is 4.79 Å². The molecule has 4 aliphatic rings. The number of methoxy groups -OCH3 is 1. The van der Waals surface area contributed by atoms with Crippen LogP contribution in [0, 0.1) is 17.3 Å². The van der Waals surface area contributed by atoms with Crippen molar-refractivity contribution >= 4 is 52.0 Å². The SMILES string of the molecule is CCn1c(-c2cccnc2[C@H](C)OC)c2c3cc(ccc31)-c1csc(n1)C[C@H](NC(=O)[C@H](C(C)C)N(C)C(=O)[C@H]1CCN(C(=O)OC3COC3)C1)C(=O)N1CCC[C@H](N1)C(=O)OCC(C)(C)C2. The van der Waals surface area contributed by atoms with E-state index in [-0.39, 0.29) is 43.6 Å². The molecule has 3 saturated heterocycles. The van der Waals surface area contributed by atoms with Crippen LogP contribution >= 0.6 is 11.3 Å². The zero-order chi connectivity index (χ0) is 47.7. The smallest absolute Gasteiger partial charge is 0.410 e. The fourth-order valence-corrected chi connectivity index (χ4v) is 10.6. The van der Waals surface area contributed by atoms with Crippen LogP contribution in [0.5, 0.6) is 0 Å². The molecule has 3 fully saturated rings. The van der Waals surface area contributed by atoms with E-state index in [0.717, 1.165) is 44.7 Å². The third-order valence-electron chi connectivity index (χ3n) is 13.5. The van der Waals surface area contributed by atoms with Crippen molar-refractivity contribution in [2.24, 2.45) is 17.3 Å². The van der Waals surface area contributed by atoms with Gasteiger partial charge in [0.2, 0.25) is 11.8 Å². The van der Waals surface area contributed by atoms with Gasteiger partial charge in [-0.25, -0.2) is 15.2 Å². The number of cyclic esters (lactones) is 1. The van der Waals surface area contributed by atoms with Crippen LogP contribution < -0.4 is 10.7 Å². The van der Waals surface area contributed by atoms with E-state index in [9.17, 15) is 24.0 Å². The first-order valence-electron chi connectivity index (χ1n) is 23.5. The van der Waals surface area contributed by atoms with Crippen LogP contribution in [0.1, 0.15) is 83.2 Å². The molecule has 4 amide bonds. The number of hydrogen-bond donors (Lipinski definition) is 2. The fraction of sp³-hybridized carbons (Fsp3) is 0.571. The Morgan fingerprint density at radius 3 is 2.61 bits per heavy atom. The number of amides is 4. The molecule has 2 N–H and O–H groups in total. The number of esters is 1. The molecule has 6 bridgehead atoms. The highest BCUT2D eigenvalue weighted by Crippen LogP contribution is 2.42. The molecule has 0 spiro atoms. The standard InChI is InChI=1S/C49H64N8O9S/c1-9-56-39-15-14-30-20-34(39)35(43(56)33-12-10-17-50-41(33)29(4)63-8)22-49(5,6)27-65-47(61)36-13-11-18-57(53-36)46(60)37(21-40-51-38(30)26-67-40)52-44(58)42(28(2)3)54(7)45(59)31-16-19-55(23-31)48(62)66-32-24-64-25-32/h10,12,14-15,17,20,26,28-29,31-32,36-37,42,53H,9,11,13,16,18-19,21-25,27H2,1-8H3,(H,52,58)/t29-,31-,36-,37-,42-/m0/s1. The van der Waals surface area contributed by atoms with Gasteiger partial charge in [-0.3, -0.25) is 29.2 Å². The Bertz CT molecular complexity index is 2500. The van der Waals surface area contributed by atoms with E-state index in [0.29, 0.717) is 63.5 Å². The number of hydrogen-bond acceptors (Lipinski definition) is 13. The molecule has 360 valence electrons. The lowest BCUT2D eigenvalue weighted by atomic mass is 9.84. The summed E-state index contributed by atoms with van der Waals surface area (Å²) in [6, 6.07) is 7.57. The Labute approximate surface area is 395 Å². The van der Waals surface area contributed by atoms with Gasteiger partial charge in [-0.05, 0) is 75.3 Å². The van der Waals surface area contributed by atoms with Crippen LogP contribution in [-0.4, -0.2) is 137 Å². The molecule has 1 aromatic carbocycles. The molecular formula is C49H64N8O9S. The third-order valence-corrected chi connectivity index (χ3v) is 14.4. The van der Waals surface area contributed by atoms with Gasteiger partial charge in [-0.2, -0.15) is 0 Å². The van der Waals surface area contributed by atoms with E-state index >= 15 is 0 Å². The van der Waals surface area contributed by atoms with Crippen LogP contribution in [0.25, 0.3) is 33.4 Å². The summed E-state index contributed by atoms with van der Waals surface area (Å²) in [4.78, 5) is 82.7. The van der Waals surface area contributed by atoms with Crippen molar-refractivity contribution in [2.45, 2.75) is 111 Å². The van der Waals surface area contributed by atoms with Crippen LogP contribution in [0.15, 0.2) is 41.9 Å². The molecule has 0 aliphatic carbocycles. The summed E-state index contributed by atoms with van der Waals surface area (Å²) in [5.74, 6) is -2.52. The number of ether oxygens (including phenoxy) is 4. The second-order valence-electron chi connectivity index (χ2n) is 19.4. The number of hydrazine groups is 1. The lowest BCUT2D eigenvalue weighted by Crippen LogP contribution is -2.62. The number of aryl methyl sites for hydroxylation is 1. The molecule has 17 nitrogen and oxygen atoms in total. The first-order valence-corrected chi connectivity index (χ1v) is 24.4. The average molecular weight is 941 g/mol. The summed E-state index contributed by atoms with van der Waals surface area (Å²) in [5, 5.41) is 8.08. The quantitative estimate of drug-likeness (QED) is 0.190. The minimum absolute atomic E-state index is 0.0657. The highest BCUT2D eigenvalue weighted by Gasteiger charge is 2.41. The molecule has 0 radical (unpaired) electrons. The van der Waals surface area contributed by atoms with Crippen LogP contribution in [0.2, 0.25) is 0 Å². The number of nitrogens with one attached hydrogen (secondary N) is 2. The first kappa shape index (κ1) is 48.0. The number of rotatable bonds is 10. The number of likely N-dealkylation sites (N-methyl/N-ethyl adjacent to an activating group) is 1. The van der Waals surface area contributed by atoms with Crippen molar-refractivity contribution in [3.63, 3.8) is 0 Å². The topological polar surface area (TPSA) is 187 Å².